The highest BCUT2D eigenvalue weighted by molar-refractivity contribution is 7.84. The largest absolute Gasteiger partial charge is 0.468 e. The SMILES string of the molecule is O=C1CC(S(=O)Cc2ccco2)N1CCCCCCCCCc1ccccc1. The first-order chi connectivity index (χ1) is 13.7. The first kappa shape index (κ1) is 20.8. The molecule has 3 rings (SSSR count). The molecular formula is C23H31NO3S. The molecule has 0 spiro atoms. The molecule has 5 heteroatoms. The summed E-state index contributed by atoms with van der Waals surface area (Å²) in [5, 5.41) is -0.129. The van der Waals surface area contributed by atoms with E-state index in [0.717, 1.165) is 25.1 Å². The van der Waals surface area contributed by atoms with Gasteiger partial charge in [0, 0.05) is 6.54 Å². The quantitative estimate of drug-likeness (QED) is 0.348. The van der Waals surface area contributed by atoms with Crippen molar-refractivity contribution < 1.29 is 13.4 Å². The molecule has 2 heterocycles. The van der Waals surface area contributed by atoms with Gasteiger partial charge in [-0.05, 0) is 37.0 Å². The highest BCUT2D eigenvalue weighted by Gasteiger charge is 2.39. The van der Waals surface area contributed by atoms with Crippen LogP contribution < -0.4 is 0 Å². The predicted octanol–water partition coefficient (Wildman–Crippen LogP) is 5.06. The second kappa shape index (κ2) is 11.2. The van der Waals surface area contributed by atoms with E-state index in [1.807, 2.05) is 6.07 Å². The maximum atomic E-state index is 12.4. The molecule has 2 unspecified atom stereocenters. The molecule has 2 atom stereocenters. The first-order valence-corrected chi connectivity index (χ1v) is 11.9. The highest BCUT2D eigenvalue weighted by atomic mass is 32.2. The van der Waals surface area contributed by atoms with Gasteiger partial charge in [-0.1, -0.05) is 62.4 Å². The summed E-state index contributed by atoms with van der Waals surface area (Å²) in [6.07, 6.45) is 11.6. The molecule has 1 amide bonds. The Labute approximate surface area is 170 Å². The molecule has 0 aliphatic carbocycles. The maximum absolute atomic E-state index is 12.4. The molecule has 1 aliphatic rings. The van der Waals surface area contributed by atoms with Crippen molar-refractivity contribution >= 4 is 16.7 Å². The lowest BCUT2D eigenvalue weighted by molar-refractivity contribution is -0.141. The van der Waals surface area contributed by atoms with E-state index in [2.05, 4.69) is 30.3 Å². The molecule has 1 aromatic carbocycles. The van der Waals surface area contributed by atoms with Crippen molar-refractivity contribution in [2.45, 2.75) is 68.9 Å². The number of rotatable bonds is 13. The van der Waals surface area contributed by atoms with Gasteiger partial charge < -0.3 is 9.32 Å². The van der Waals surface area contributed by atoms with E-state index in [9.17, 15) is 9.00 Å². The molecule has 0 bridgehead atoms. The van der Waals surface area contributed by atoms with Gasteiger partial charge >= 0.3 is 0 Å². The fraction of sp³-hybridized carbons (Fsp3) is 0.522. The summed E-state index contributed by atoms with van der Waals surface area (Å²) in [5.41, 5.74) is 1.43. The number of carbonyl (C=O) groups excluding carboxylic acids is 1. The van der Waals surface area contributed by atoms with Crippen molar-refractivity contribution in [3.63, 3.8) is 0 Å². The number of amides is 1. The zero-order valence-electron chi connectivity index (χ0n) is 16.6. The summed E-state index contributed by atoms with van der Waals surface area (Å²) in [6, 6.07) is 14.3. The van der Waals surface area contributed by atoms with Gasteiger partial charge in [-0.2, -0.15) is 0 Å². The van der Waals surface area contributed by atoms with E-state index < -0.39 is 10.8 Å². The third-order valence-electron chi connectivity index (χ3n) is 5.39. The number of hydrogen-bond donors (Lipinski definition) is 0. The van der Waals surface area contributed by atoms with E-state index in [1.54, 1.807) is 17.2 Å². The number of nitrogens with zero attached hydrogens (tertiary/aromatic N) is 1. The zero-order chi connectivity index (χ0) is 19.6. The van der Waals surface area contributed by atoms with Gasteiger partial charge in [-0.25, -0.2) is 0 Å². The van der Waals surface area contributed by atoms with Crippen LogP contribution in [0.5, 0.6) is 0 Å². The number of furan rings is 1. The lowest BCUT2D eigenvalue weighted by Crippen LogP contribution is -2.55. The standard InChI is InChI=1S/C23H31NO3S/c25-22-18-23(28(26)19-21-15-11-17-27-21)24(22)16-10-5-3-1-2-4-7-12-20-13-8-6-9-14-20/h6,8-9,11,13-15,17,23H,1-5,7,10,12,16,18-19H2. The lowest BCUT2D eigenvalue weighted by Gasteiger charge is -2.39. The molecule has 28 heavy (non-hydrogen) atoms. The maximum Gasteiger partial charge on any atom is 0.226 e. The van der Waals surface area contributed by atoms with E-state index in [-0.39, 0.29) is 11.3 Å². The molecule has 0 saturated carbocycles. The van der Waals surface area contributed by atoms with Crippen LogP contribution in [-0.4, -0.2) is 26.9 Å². The number of β-lactam (4-membered cyclic amide) rings is 1. The number of carbonyl (C=O) groups is 1. The second-order valence-corrected chi connectivity index (χ2v) is 9.16. The molecule has 1 aromatic heterocycles. The van der Waals surface area contributed by atoms with Crippen LogP contribution in [0.25, 0.3) is 0 Å². The average Bonchev–Trinajstić information content (AvgIpc) is 3.21. The van der Waals surface area contributed by atoms with Crippen LogP contribution >= 0.6 is 0 Å². The number of benzene rings is 1. The Morgan fingerprint density at radius 1 is 0.929 bits per heavy atom. The molecule has 2 aromatic rings. The molecular weight excluding hydrogens is 370 g/mol. The smallest absolute Gasteiger partial charge is 0.226 e. The van der Waals surface area contributed by atoms with E-state index in [0.29, 0.717) is 12.2 Å². The van der Waals surface area contributed by atoms with Crippen molar-refractivity contribution in [2.75, 3.05) is 6.54 Å². The van der Waals surface area contributed by atoms with E-state index >= 15 is 0 Å². The van der Waals surface area contributed by atoms with E-state index in [4.69, 9.17) is 4.42 Å². The van der Waals surface area contributed by atoms with Crippen LogP contribution in [0.2, 0.25) is 0 Å². The van der Waals surface area contributed by atoms with Crippen LogP contribution in [0.3, 0.4) is 0 Å². The fourth-order valence-corrected chi connectivity index (χ4v) is 5.17. The van der Waals surface area contributed by atoms with Crippen molar-refractivity contribution in [3.05, 3.63) is 60.1 Å². The highest BCUT2D eigenvalue weighted by Crippen LogP contribution is 2.25. The van der Waals surface area contributed by atoms with Crippen molar-refractivity contribution in [1.29, 1.82) is 0 Å². The topological polar surface area (TPSA) is 50.5 Å². The van der Waals surface area contributed by atoms with Crippen LogP contribution in [0.15, 0.2) is 53.1 Å². The second-order valence-electron chi connectivity index (χ2n) is 7.56. The molecule has 4 nitrogen and oxygen atoms in total. The third kappa shape index (κ3) is 6.33. The minimum absolute atomic E-state index is 0.129. The van der Waals surface area contributed by atoms with Gasteiger partial charge in [0.25, 0.3) is 0 Å². The Morgan fingerprint density at radius 2 is 1.64 bits per heavy atom. The van der Waals surface area contributed by atoms with Crippen molar-refractivity contribution in [1.82, 2.24) is 4.90 Å². The zero-order valence-corrected chi connectivity index (χ0v) is 17.4. The third-order valence-corrected chi connectivity index (χ3v) is 6.99. The Bertz CT molecular complexity index is 730. The minimum Gasteiger partial charge on any atom is -0.468 e. The molecule has 0 radical (unpaired) electrons. The summed E-state index contributed by atoms with van der Waals surface area (Å²) in [5.74, 6) is 1.26. The summed E-state index contributed by atoms with van der Waals surface area (Å²) in [4.78, 5) is 13.7. The Morgan fingerprint density at radius 3 is 2.32 bits per heavy atom. The van der Waals surface area contributed by atoms with Gasteiger partial charge in [0.2, 0.25) is 5.91 Å². The molecule has 0 N–H and O–H groups in total. The van der Waals surface area contributed by atoms with Gasteiger partial charge in [0.15, 0.2) is 0 Å². The average molecular weight is 402 g/mol. The van der Waals surface area contributed by atoms with Crippen LogP contribution in [0.4, 0.5) is 0 Å². The molecule has 1 aliphatic heterocycles. The summed E-state index contributed by atoms with van der Waals surface area (Å²) in [7, 11) is -1.08. The number of unbranched alkanes of at least 4 members (excludes halogenated alkanes) is 6. The molecule has 1 saturated heterocycles. The Kier molecular flexibility index (Phi) is 8.34. The van der Waals surface area contributed by atoms with E-state index in [1.165, 1.54) is 44.1 Å². The van der Waals surface area contributed by atoms with Gasteiger partial charge in [0.05, 0.1) is 29.2 Å². The van der Waals surface area contributed by atoms with Crippen molar-refractivity contribution in [2.24, 2.45) is 0 Å². The number of likely N-dealkylation sites (tertiary alicyclic amines) is 1. The van der Waals surface area contributed by atoms with Gasteiger partial charge in [-0.15, -0.1) is 0 Å². The summed E-state index contributed by atoms with van der Waals surface area (Å²) >= 11 is 0. The fourth-order valence-electron chi connectivity index (χ4n) is 3.70. The normalized spacial score (nSPS) is 17.5. The Balaban J connectivity index is 1.21. The summed E-state index contributed by atoms with van der Waals surface area (Å²) in [6.45, 7) is 0.738. The van der Waals surface area contributed by atoms with Crippen LogP contribution in [0.1, 0.15) is 62.7 Å². The lowest BCUT2D eigenvalue weighted by atomic mass is 10.0. The van der Waals surface area contributed by atoms with Crippen molar-refractivity contribution in [3.8, 4) is 0 Å². The van der Waals surface area contributed by atoms with Crippen LogP contribution in [-0.2, 0) is 27.8 Å². The number of hydrogen-bond acceptors (Lipinski definition) is 3. The molecule has 152 valence electrons. The monoisotopic (exact) mass is 401 g/mol. The molecule has 1 fully saturated rings. The summed E-state index contributed by atoms with van der Waals surface area (Å²) < 4.78 is 17.7. The first-order valence-electron chi connectivity index (χ1n) is 10.5. The van der Waals surface area contributed by atoms with Gasteiger partial charge in [-0.3, -0.25) is 9.00 Å². The minimum atomic E-state index is -1.08. The van der Waals surface area contributed by atoms with Crippen LogP contribution in [0, 0.1) is 0 Å². The predicted molar refractivity (Wildman–Crippen MR) is 113 cm³/mol. The number of aryl methyl sites for hydroxylation is 1. The Hall–Kier alpha value is -1.88. The van der Waals surface area contributed by atoms with Gasteiger partial charge in [0.1, 0.15) is 11.1 Å².